The Morgan fingerprint density at radius 1 is 1.50 bits per heavy atom. The molecule has 1 aliphatic heterocycles. The molecule has 1 heterocycles. The summed E-state index contributed by atoms with van der Waals surface area (Å²) in [5.74, 6) is 0.658. The molecular formula is C13H23N3O2. The second-order valence-corrected chi connectivity index (χ2v) is 4.84. The topological polar surface area (TPSA) is 61.4 Å². The van der Waals surface area contributed by atoms with Crippen LogP contribution in [0.3, 0.4) is 0 Å². The monoisotopic (exact) mass is 253 g/mol. The first-order valence-electron chi connectivity index (χ1n) is 6.58. The van der Waals surface area contributed by atoms with Gasteiger partial charge in [0.1, 0.15) is 0 Å². The Kier molecular flexibility index (Phi) is 6.25. The fraction of sp³-hybridized carbons (Fsp3) is 0.692. The van der Waals surface area contributed by atoms with Crippen LogP contribution >= 0.6 is 0 Å². The Morgan fingerprint density at radius 2 is 2.28 bits per heavy atom. The third kappa shape index (κ3) is 5.70. The summed E-state index contributed by atoms with van der Waals surface area (Å²) in [6.45, 7) is 6.28. The molecule has 0 bridgehead atoms. The summed E-state index contributed by atoms with van der Waals surface area (Å²) < 4.78 is 0. The smallest absolute Gasteiger partial charge is 0.318 e. The zero-order chi connectivity index (χ0) is 13.4. The third-order valence-corrected chi connectivity index (χ3v) is 2.76. The Balaban J connectivity index is 2.03. The first-order valence-corrected chi connectivity index (χ1v) is 6.58. The van der Waals surface area contributed by atoms with Gasteiger partial charge < -0.3 is 15.5 Å². The molecule has 1 aliphatic rings. The molecule has 5 nitrogen and oxygen atoms in total. The van der Waals surface area contributed by atoms with Crippen LogP contribution in [0.25, 0.3) is 0 Å². The van der Waals surface area contributed by atoms with E-state index in [9.17, 15) is 9.59 Å². The Hall–Kier alpha value is -1.52. The van der Waals surface area contributed by atoms with Gasteiger partial charge in [0.05, 0.1) is 0 Å². The number of likely N-dealkylation sites (tertiary alicyclic amines) is 1. The van der Waals surface area contributed by atoms with Crippen LogP contribution in [-0.4, -0.2) is 36.5 Å². The fourth-order valence-electron chi connectivity index (χ4n) is 1.78. The van der Waals surface area contributed by atoms with Gasteiger partial charge in [0, 0.05) is 32.3 Å². The van der Waals surface area contributed by atoms with E-state index >= 15 is 0 Å². The highest BCUT2D eigenvalue weighted by Crippen LogP contribution is 2.09. The van der Waals surface area contributed by atoms with Crippen LogP contribution in [0, 0.1) is 5.92 Å². The Morgan fingerprint density at radius 3 is 2.89 bits per heavy atom. The zero-order valence-electron chi connectivity index (χ0n) is 11.2. The number of nitrogens with one attached hydrogen (secondary N) is 2. The highest BCUT2D eigenvalue weighted by molar-refractivity contribution is 5.78. The summed E-state index contributed by atoms with van der Waals surface area (Å²) in [6, 6.07) is -0.195. The van der Waals surface area contributed by atoms with Gasteiger partial charge in [0.15, 0.2) is 0 Å². The first-order chi connectivity index (χ1) is 8.59. The van der Waals surface area contributed by atoms with Crippen LogP contribution in [-0.2, 0) is 4.79 Å². The number of carbonyl (C=O) groups is 2. The molecule has 0 aliphatic carbocycles. The van der Waals surface area contributed by atoms with Crippen molar-refractivity contribution in [3.05, 3.63) is 12.3 Å². The highest BCUT2D eigenvalue weighted by atomic mass is 16.2. The molecule has 0 radical (unpaired) electrons. The summed E-state index contributed by atoms with van der Waals surface area (Å²) in [7, 11) is 0. The van der Waals surface area contributed by atoms with Crippen molar-refractivity contribution in [3.63, 3.8) is 0 Å². The summed E-state index contributed by atoms with van der Waals surface area (Å²) >= 11 is 0. The van der Waals surface area contributed by atoms with Gasteiger partial charge >= 0.3 is 6.03 Å². The number of allylic oxidation sites excluding steroid dienone is 1. The van der Waals surface area contributed by atoms with Gasteiger partial charge in [0.25, 0.3) is 0 Å². The molecule has 0 atom stereocenters. The molecule has 1 rings (SSSR count). The number of hydrogen-bond acceptors (Lipinski definition) is 2. The van der Waals surface area contributed by atoms with Gasteiger partial charge in [-0.25, -0.2) is 4.79 Å². The molecule has 0 saturated carbocycles. The van der Waals surface area contributed by atoms with E-state index in [-0.39, 0.29) is 11.9 Å². The number of nitrogens with zero attached hydrogens (tertiary/aromatic N) is 1. The van der Waals surface area contributed by atoms with E-state index in [4.69, 9.17) is 0 Å². The van der Waals surface area contributed by atoms with Crippen molar-refractivity contribution in [2.45, 2.75) is 33.1 Å². The Bertz CT molecular complexity index is 313. The molecule has 1 saturated heterocycles. The number of rotatable bonds is 6. The lowest BCUT2D eigenvalue weighted by molar-refractivity contribution is -0.127. The minimum Gasteiger partial charge on any atom is -0.343 e. The maximum Gasteiger partial charge on any atom is 0.318 e. The number of hydrogen-bond donors (Lipinski definition) is 2. The lowest BCUT2D eigenvalue weighted by Crippen LogP contribution is -2.35. The summed E-state index contributed by atoms with van der Waals surface area (Å²) in [5.41, 5.74) is 0. The zero-order valence-corrected chi connectivity index (χ0v) is 11.2. The van der Waals surface area contributed by atoms with Crippen molar-refractivity contribution < 1.29 is 9.59 Å². The second kappa shape index (κ2) is 7.74. The molecule has 0 aromatic carbocycles. The molecule has 2 N–H and O–H groups in total. The maximum atomic E-state index is 11.3. The first kappa shape index (κ1) is 14.5. The van der Waals surface area contributed by atoms with Crippen LogP contribution in [0.15, 0.2) is 12.3 Å². The lowest BCUT2D eigenvalue weighted by atomic mass is 10.2. The van der Waals surface area contributed by atoms with E-state index in [0.29, 0.717) is 18.9 Å². The fourth-order valence-corrected chi connectivity index (χ4v) is 1.78. The van der Waals surface area contributed by atoms with Crippen LogP contribution in [0.5, 0.6) is 0 Å². The van der Waals surface area contributed by atoms with Crippen molar-refractivity contribution in [1.29, 1.82) is 0 Å². The minimum atomic E-state index is -0.195. The van der Waals surface area contributed by atoms with Crippen LogP contribution < -0.4 is 10.6 Å². The quantitative estimate of drug-likeness (QED) is 0.704. The largest absolute Gasteiger partial charge is 0.343 e. The standard InChI is InChI=1S/C13H23N3O2/c1-11(2)6-8-15-13(18)14-7-4-10-16-9-3-5-12(16)17/h6,8,11H,3-5,7,9-10H2,1-2H3,(H2,14,15,18)/b8-6+. The predicted octanol–water partition coefficient (Wildman–Crippen LogP) is 1.47. The summed E-state index contributed by atoms with van der Waals surface area (Å²) in [5, 5.41) is 5.40. The predicted molar refractivity (Wildman–Crippen MR) is 70.9 cm³/mol. The number of amides is 3. The SMILES string of the molecule is CC(C)/C=C/NC(=O)NCCCN1CCCC1=O. The van der Waals surface area contributed by atoms with Crippen LogP contribution in [0.4, 0.5) is 4.79 Å². The molecule has 18 heavy (non-hydrogen) atoms. The van der Waals surface area contributed by atoms with E-state index in [0.717, 1.165) is 25.9 Å². The Labute approximate surface area is 109 Å². The van der Waals surface area contributed by atoms with Gasteiger partial charge in [0.2, 0.25) is 5.91 Å². The second-order valence-electron chi connectivity index (χ2n) is 4.84. The molecule has 1 fully saturated rings. The molecule has 102 valence electrons. The van der Waals surface area contributed by atoms with Crippen molar-refractivity contribution >= 4 is 11.9 Å². The van der Waals surface area contributed by atoms with E-state index < -0.39 is 0 Å². The van der Waals surface area contributed by atoms with Gasteiger partial charge in [-0.05, 0) is 18.8 Å². The van der Waals surface area contributed by atoms with E-state index in [1.807, 2.05) is 24.8 Å². The van der Waals surface area contributed by atoms with Gasteiger partial charge in [-0.15, -0.1) is 0 Å². The molecule has 3 amide bonds. The number of urea groups is 1. The van der Waals surface area contributed by atoms with E-state index in [1.54, 1.807) is 6.20 Å². The average Bonchev–Trinajstić information content (AvgIpc) is 2.70. The normalized spacial score (nSPS) is 15.7. The molecule has 5 heteroatoms. The molecule has 0 unspecified atom stereocenters. The minimum absolute atomic E-state index is 0.195. The third-order valence-electron chi connectivity index (χ3n) is 2.76. The van der Waals surface area contributed by atoms with Crippen molar-refractivity contribution in [1.82, 2.24) is 15.5 Å². The van der Waals surface area contributed by atoms with Crippen molar-refractivity contribution in [3.8, 4) is 0 Å². The molecule has 0 aromatic rings. The summed E-state index contributed by atoms with van der Waals surface area (Å²) in [6.07, 6.45) is 6.01. The summed E-state index contributed by atoms with van der Waals surface area (Å²) in [4.78, 5) is 24.5. The molecule has 0 spiro atoms. The van der Waals surface area contributed by atoms with Gasteiger partial charge in [-0.2, -0.15) is 0 Å². The van der Waals surface area contributed by atoms with Crippen molar-refractivity contribution in [2.75, 3.05) is 19.6 Å². The van der Waals surface area contributed by atoms with E-state index in [2.05, 4.69) is 10.6 Å². The maximum absolute atomic E-state index is 11.3. The van der Waals surface area contributed by atoms with Gasteiger partial charge in [-0.1, -0.05) is 19.9 Å². The van der Waals surface area contributed by atoms with Crippen LogP contribution in [0.2, 0.25) is 0 Å². The molecular weight excluding hydrogens is 230 g/mol. The van der Waals surface area contributed by atoms with E-state index in [1.165, 1.54) is 0 Å². The average molecular weight is 253 g/mol. The number of carbonyl (C=O) groups excluding carboxylic acids is 2. The molecule has 0 aromatic heterocycles. The highest BCUT2D eigenvalue weighted by Gasteiger charge is 2.18. The van der Waals surface area contributed by atoms with Crippen LogP contribution in [0.1, 0.15) is 33.1 Å². The van der Waals surface area contributed by atoms with Gasteiger partial charge in [-0.3, -0.25) is 4.79 Å². The van der Waals surface area contributed by atoms with Crippen molar-refractivity contribution in [2.24, 2.45) is 5.92 Å². The lowest BCUT2D eigenvalue weighted by Gasteiger charge is -2.15.